The van der Waals surface area contributed by atoms with E-state index in [9.17, 15) is 4.79 Å². The maximum absolute atomic E-state index is 10.5. The van der Waals surface area contributed by atoms with Gasteiger partial charge in [0.1, 0.15) is 24.1 Å². The van der Waals surface area contributed by atoms with E-state index in [-0.39, 0.29) is 6.61 Å². The van der Waals surface area contributed by atoms with Gasteiger partial charge >= 0.3 is 0 Å². The molecule has 21 heavy (non-hydrogen) atoms. The molecule has 0 aliphatic heterocycles. The lowest BCUT2D eigenvalue weighted by Gasteiger charge is -2.11. The van der Waals surface area contributed by atoms with Crippen LogP contribution in [0.3, 0.4) is 0 Å². The van der Waals surface area contributed by atoms with Crippen LogP contribution < -0.4 is 16.4 Å². The van der Waals surface area contributed by atoms with Crippen molar-refractivity contribution in [3.05, 3.63) is 11.9 Å². The number of amides is 1. The lowest BCUT2D eigenvalue weighted by molar-refractivity contribution is -0.122. The molecule has 0 atom stereocenters. The molecule has 0 spiro atoms. The summed E-state index contributed by atoms with van der Waals surface area (Å²) in [5, 5.41) is 6.43. The molecule has 0 aliphatic carbocycles. The number of hydrogen-bond acceptors (Lipinski definition) is 6. The average Bonchev–Trinajstić information content (AvgIpc) is 2.44. The molecule has 1 aromatic rings. The van der Waals surface area contributed by atoms with Crippen molar-refractivity contribution in [1.29, 1.82) is 0 Å². The topological polar surface area (TPSA) is 102 Å². The minimum absolute atomic E-state index is 0.0597. The Hall–Kier alpha value is -1.89. The number of aryl methyl sites for hydroxylation is 1. The summed E-state index contributed by atoms with van der Waals surface area (Å²) in [5.74, 6) is 1.94. The normalized spacial score (nSPS) is 10.4. The van der Waals surface area contributed by atoms with Crippen molar-refractivity contribution in [1.82, 2.24) is 9.97 Å². The Morgan fingerprint density at radius 1 is 1.19 bits per heavy atom. The van der Waals surface area contributed by atoms with E-state index in [0.29, 0.717) is 13.2 Å². The molecule has 4 N–H and O–H groups in total. The molecule has 7 heteroatoms. The Balaban J connectivity index is 2.53. The fraction of sp³-hybridized carbons (Fsp3) is 0.643. The first-order valence-corrected chi connectivity index (χ1v) is 7.37. The summed E-state index contributed by atoms with van der Waals surface area (Å²) in [6, 6.07) is 1.88. The first-order valence-electron chi connectivity index (χ1n) is 7.37. The Morgan fingerprint density at radius 3 is 2.43 bits per heavy atom. The molecule has 118 valence electrons. The van der Waals surface area contributed by atoms with Gasteiger partial charge in [0.2, 0.25) is 5.91 Å². The fourth-order valence-corrected chi connectivity index (χ4v) is 1.69. The summed E-state index contributed by atoms with van der Waals surface area (Å²) in [7, 11) is 0. The maximum Gasteiger partial charge on any atom is 0.243 e. The number of carbonyl (C=O) groups excluding carboxylic acids is 1. The van der Waals surface area contributed by atoms with Crippen LogP contribution in [0.2, 0.25) is 0 Å². The van der Waals surface area contributed by atoms with E-state index in [4.69, 9.17) is 10.5 Å². The molecule has 7 nitrogen and oxygen atoms in total. The molecular weight excluding hydrogens is 270 g/mol. The Kier molecular flexibility index (Phi) is 8.11. The number of aromatic nitrogens is 2. The highest BCUT2D eigenvalue weighted by atomic mass is 16.5. The zero-order valence-corrected chi connectivity index (χ0v) is 12.8. The number of nitrogens with two attached hydrogens (primary N) is 1. The molecule has 0 saturated heterocycles. The molecule has 1 aromatic heterocycles. The fourth-order valence-electron chi connectivity index (χ4n) is 1.69. The molecule has 0 unspecified atom stereocenters. The zero-order chi connectivity index (χ0) is 15.5. The van der Waals surface area contributed by atoms with Crippen LogP contribution in [0.1, 0.15) is 32.5 Å². The van der Waals surface area contributed by atoms with E-state index >= 15 is 0 Å². The average molecular weight is 295 g/mol. The highest BCUT2D eigenvalue weighted by Gasteiger charge is 2.04. The summed E-state index contributed by atoms with van der Waals surface area (Å²) in [6.45, 7) is 5.98. The SMILES string of the molecule is CCCNc1cc(NCCOCC(N)=O)nc(CCC)n1. The van der Waals surface area contributed by atoms with Crippen LogP contribution in [0, 0.1) is 0 Å². The summed E-state index contributed by atoms with van der Waals surface area (Å²) in [4.78, 5) is 19.5. The third kappa shape index (κ3) is 7.45. The van der Waals surface area contributed by atoms with Gasteiger partial charge in [0.05, 0.1) is 6.61 Å². The quantitative estimate of drug-likeness (QED) is 0.530. The molecule has 0 aliphatic rings. The number of nitrogens with one attached hydrogen (secondary N) is 2. The second-order valence-corrected chi connectivity index (χ2v) is 4.68. The van der Waals surface area contributed by atoms with Crippen LogP contribution in [0.15, 0.2) is 6.07 Å². The number of ether oxygens (including phenoxy) is 1. The summed E-state index contributed by atoms with van der Waals surface area (Å²) < 4.78 is 5.09. The van der Waals surface area contributed by atoms with Gasteiger partial charge in [-0.05, 0) is 12.8 Å². The minimum Gasteiger partial charge on any atom is -0.370 e. The first-order chi connectivity index (χ1) is 10.2. The van der Waals surface area contributed by atoms with Crippen LogP contribution in [0.25, 0.3) is 0 Å². The molecule has 0 bridgehead atoms. The van der Waals surface area contributed by atoms with Crippen LogP contribution in [0.5, 0.6) is 0 Å². The number of nitrogens with zero attached hydrogens (tertiary/aromatic N) is 2. The van der Waals surface area contributed by atoms with E-state index < -0.39 is 5.91 Å². The highest BCUT2D eigenvalue weighted by molar-refractivity contribution is 5.74. The first kappa shape index (κ1) is 17.2. The molecule has 1 amide bonds. The number of hydrogen-bond donors (Lipinski definition) is 3. The van der Waals surface area contributed by atoms with Crippen LogP contribution >= 0.6 is 0 Å². The number of rotatable bonds is 11. The van der Waals surface area contributed by atoms with Crippen LogP contribution in [0.4, 0.5) is 11.6 Å². The van der Waals surface area contributed by atoms with Crippen LogP contribution in [-0.2, 0) is 16.0 Å². The van der Waals surface area contributed by atoms with Crippen molar-refractivity contribution in [2.45, 2.75) is 33.1 Å². The van der Waals surface area contributed by atoms with Gasteiger partial charge in [0.25, 0.3) is 0 Å². The van der Waals surface area contributed by atoms with Crippen molar-refractivity contribution in [2.24, 2.45) is 5.73 Å². The largest absolute Gasteiger partial charge is 0.370 e. The second kappa shape index (κ2) is 9.93. The molecule has 0 fully saturated rings. The zero-order valence-electron chi connectivity index (χ0n) is 12.8. The van der Waals surface area contributed by atoms with Gasteiger partial charge < -0.3 is 21.1 Å². The Bertz CT molecular complexity index is 439. The predicted octanol–water partition coefficient (Wildman–Crippen LogP) is 1.16. The second-order valence-electron chi connectivity index (χ2n) is 4.68. The summed E-state index contributed by atoms with van der Waals surface area (Å²) in [6.07, 6.45) is 2.88. The van der Waals surface area contributed by atoms with Crippen molar-refractivity contribution in [3.8, 4) is 0 Å². The highest BCUT2D eigenvalue weighted by Crippen LogP contribution is 2.12. The van der Waals surface area contributed by atoms with Gasteiger partial charge in [-0.25, -0.2) is 9.97 Å². The maximum atomic E-state index is 10.5. The van der Waals surface area contributed by atoms with Crippen molar-refractivity contribution in [2.75, 3.05) is 36.9 Å². The third-order valence-electron chi connectivity index (χ3n) is 2.60. The van der Waals surface area contributed by atoms with Gasteiger partial charge in [0, 0.05) is 25.6 Å². The van der Waals surface area contributed by atoms with E-state index in [1.807, 2.05) is 6.07 Å². The minimum atomic E-state index is -0.465. The smallest absolute Gasteiger partial charge is 0.243 e. The van der Waals surface area contributed by atoms with Gasteiger partial charge in [-0.3, -0.25) is 4.79 Å². The van der Waals surface area contributed by atoms with Crippen molar-refractivity contribution in [3.63, 3.8) is 0 Å². The molecule has 0 aromatic carbocycles. The van der Waals surface area contributed by atoms with Crippen molar-refractivity contribution < 1.29 is 9.53 Å². The monoisotopic (exact) mass is 295 g/mol. The molecule has 0 radical (unpaired) electrons. The Labute approximate surface area is 125 Å². The number of primary amides is 1. The van der Waals surface area contributed by atoms with Crippen LogP contribution in [-0.4, -0.2) is 42.2 Å². The van der Waals surface area contributed by atoms with E-state index in [2.05, 4.69) is 34.4 Å². The molecular formula is C14H25N5O2. The third-order valence-corrected chi connectivity index (χ3v) is 2.60. The summed E-state index contributed by atoms with van der Waals surface area (Å²) >= 11 is 0. The standard InChI is InChI=1S/C14H25N5O2/c1-3-5-12-18-13(16-6-4-2)9-14(19-12)17-7-8-21-10-11(15)20/h9H,3-8,10H2,1-2H3,(H2,15,20)(H2,16,17,18,19). The number of carbonyl (C=O) groups is 1. The predicted molar refractivity (Wildman–Crippen MR) is 83.3 cm³/mol. The summed E-state index contributed by atoms with van der Waals surface area (Å²) in [5.41, 5.74) is 4.99. The lowest BCUT2D eigenvalue weighted by Crippen LogP contribution is -2.21. The molecule has 1 heterocycles. The van der Waals surface area contributed by atoms with Gasteiger partial charge in [-0.1, -0.05) is 13.8 Å². The molecule has 0 saturated carbocycles. The van der Waals surface area contributed by atoms with Gasteiger partial charge in [-0.2, -0.15) is 0 Å². The van der Waals surface area contributed by atoms with Gasteiger partial charge in [-0.15, -0.1) is 0 Å². The Morgan fingerprint density at radius 2 is 1.86 bits per heavy atom. The van der Waals surface area contributed by atoms with E-state index in [0.717, 1.165) is 43.3 Å². The number of anilines is 2. The lowest BCUT2D eigenvalue weighted by atomic mass is 10.3. The van der Waals surface area contributed by atoms with Gasteiger partial charge in [0.15, 0.2) is 0 Å². The van der Waals surface area contributed by atoms with E-state index in [1.54, 1.807) is 0 Å². The molecule has 1 rings (SSSR count). The van der Waals surface area contributed by atoms with E-state index in [1.165, 1.54) is 0 Å². The van der Waals surface area contributed by atoms with Crippen molar-refractivity contribution >= 4 is 17.5 Å².